The number of carbonyl (C=O) groups is 1. The van der Waals surface area contributed by atoms with Crippen molar-refractivity contribution < 1.29 is 9.90 Å². The predicted molar refractivity (Wildman–Crippen MR) is 49.8 cm³/mol. The number of aliphatic hydroxyl groups excluding tert-OH is 1. The van der Waals surface area contributed by atoms with Crippen molar-refractivity contribution >= 4 is 5.78 Å². The molecule has 0 saturated carbocycles. The summed E-state index contributed by atoms with van der Waals surface area (Å²) in [5.41, 5.74) is 0. The maximum atomic E-state index is 11.0. The first kappa shape index (κ1) is 11.1. The Morgan fingerprint density at radius 1 is 1.58 bits per heavy atom. The number of allylic oxidation sites excluding steroid dienone is 1. The van der Waals surface area contributed by atoms with Gasteiger partial charge in [0.1, 0.15) is 5.78 Å². The molecular formula is C10H16O2. The van der Waals surface area contributed by atoms with E-state index < -0.39 is 6.10 Å². The van der Waals surface area contributed by atoms with Gasteiger partial charge in [0.15, 0.2) is 0 Å². The van der Waals surface area contributed by atoms with Gasteiger partial charge in [0.05, 0.1) is 6.10 Å². The third-order valence-corrected chi connectivity index (χ3v) is 1.86. The monoisotopic (exact) mass is 168 g/mol. The van der Waals surface area contributed by atoms with Gasteiger partial charge in [-0.25, -0.2) is 0 Å². The van der Waals surface area contributed by atoms with Crippen molar-refractivity contribution in [1.29, 1.82) is 0 Å². The number of hydrogen-bond donors (Lipinski definition) is 1. The van der Waals surface area contributed by atoms with Crippen LogP contribution in [0.15, 0.2) is 25.3 Å². The second-order valence-electron chi connectivity index (χ2n) is 2.81. The summed E-state index contributed by atoms with van der Waals surface area (Å²) in [6, 6.07) is 0. The summed E-state index contributed by atoms with van der Waals surface area (Å²) in [5, 5.41) is 9.34. The molecule has 2 unspecified atom stereocenters. The zero-order valence-corrected chi connectivity index (χ0v) is 7.49. The third kappa shape index (κ3) is 3.49. The van der Waals surface area contributed by atoms with E-state index in [2.05, 4.69) is 13.2 Å². The Balaban J connectivity index is 4.11. The molecule has 0 aromatic carbocycles. The summed E-state index contributed by atoms with van der Waals surface area (Å²) in [6.07, 6.45) is 3.81. The van der Waals surface area contributed by atoms with Crippen LogP contribution in [0.2, 0.25) is 0 Å². The quantitative estimate of drug-likeness (QED) is 0.613. The minimum Gasteiger partial charge on any atom is -0.388 e. The summed E-state index contributed by atoms with van der Waals surface area (Å²) < 4.78 is 0. The molecule has 0 aromatic rings. The lowest BCUT2D eigenvalue weighted by atomic mass is 9.93. The van der Waals surface area contributed by atoms with E-state index in [9.17, 15) is 9.90 Å². The van der Waals surface area contributed by atoms with E-state index in [1.54, 1.807) is 6.08 Å². The molecule has 0 aliphatic rings. The highest BCUT2D eigenvalue weighted by molar-refractivity contribution is 5.79. The fourth-order valence-electron chi connectivity index (χ4n) is 1.08. The van der Waals surface area contributed by atoms with Gasteiger partial charge >= 0.3 is 0 Å². The third-order valence-electron chi connectivity index (χ3n) is 1.86. The molecule has 2 heteroatoms. The van der Waals surface area contributed by atoms with Crippen LogP contribution in [-0.4, -0.2) is 17.0 Å². The molecule has 2 nitrogen and oxygen atoms in total. The zero-order valence-electron chi connectivity index (χ0n) is 7.49. The SMILES string of the molecule is C=CCCC(C(C)=O)C(O)C=C. The van der Waals surface area contributed by atoms with Crippen LogP contribution in [0.1, 0.15) is 19.8 Å². The first-order valence-corrected chi connectivity index (χ1v) is 4.05. The number of carbonyl (C=O) groups excluding carboxylic acids is 1. The van der Waals surface area contributed by atoms with Gasteiger partial charge in [-0.05, 0) is 19.8 Å². The van der Waals surface area contributed by atoms with Gasteiger partial charge in [-0.3, -0.25) is 4.79 Å². The van der Waals surface area contributed by atoms with E-state index in [0.29, 0.717) is 6.42 Å². The van der Waals surface area contributed by atoms with Crippen LogP contribution in [0.5, 0.6) is 0 Å². The Kier molecular flexibility index (Phi) is 5.30. The van der Waals surface area contributed by atoms with E-state index in [0.717, 1.165) is 6.42 Å². The maximum Gasteiger partial charge on any atom is 0.135 e. The van der Waals surface area contributed by atoms with Crippen LogP contribution in [0.25, 0.3) is 0 Å². The first-order valence-electron chi connectivity index (χ1n) is 4.05. The summed E-state index contributed by atoms with van der Waals surface area (Å²) in [5.74, 6) is -0.315. The number of Topliss-reactive ketones (excluding diaryl/α,β-unsaturated/α-hetero) is 1. The van der Waals surface area contributed by atoms with Crippen molar-refractivity contribution in [1.82, 2.24) is 0 Å². The predicted octanol–water partition coefficient (Wildman–Crippen LogP) is 1.70. The fourth-order valence-corrected chi connectivity index (χ4v) is 1.08. The van der Waals surface area contributed by atoms with Gasteiger partial charge in [-0.2, -0.15) is 0 Å². The summed E-state index contributed by atoms with van der Waals surface area (Å²) in [6.45, 7) is 8.49. The Labute approximate surface area is 73.6 Å². The van der Waals surface area contributed by atoms with E-state index in [-0.39, 0.29) is 11.7 Å². The Morgan fingerprint density at radius 2 is 2.17 bits per heavy atom. The second kappa shape index (κ2) is 5.72. The molecule has 0 heterocycles. The Morgan fingerprint density at radius 3 is 2.50 bits per heavy atom. The first-order chi connectivity index (χ1) is 5.63. The fraction of sp³-hybridized carbons (Fsp3) is 0.500. The highest BCUT2D eigenvalue weighted by Crippen LogP contribution is 2.13. The van der Waals surface area contributed by atoms with E-state index >= 15 is 0 Å². The molecule has 0 radical (unpaired) electrons. The van der Waals surface area contributed by atoms with Crippen molar-refractivity contribution in [2.24, 2.45) is 5.92 Å². The highest BCUT2D eigenvalue weighted by Gasteiger charge is 2.19. The molecule has 0 aliphatic heterocycles. The number of rotatable bonds is 6. The lowest BCUT2D eigenvalue weighted by Crippen LogP contribution is -2.24. The highest BCUT2D eigenvalue weighted by atomic mass is 16.3. The average molecular weight is 168 g/mol. The minimum absolute atomic E-state index is 0.00394. The van der Waals surface area contributed by atoms with Crippen molar-refractivity contribution in [3.63, 3.8) is 0 Å². The van der Waals surface area contributed by atoms with Gasteiger partial charge in [-0.15, -0.1) is 13.2 Å². The molecule has 0 rings (SSSR count). The normalized spacial score (nSPS) is 14.8. The van der Waals surface area contributed by atoms with Gasteiger partial charge in [0.2, 0.25) is 0 Å². The van der Waals surface area contributed by atoms with Crippen LogP contribution in [0, 0.1) is 5.92 Å². The van der Waals surface area contributed by atoms with Crippen LogP contribution in [0.4, 0.5) is 0 Å². The molecule has 12 heavy (non-hydrogen) atoms. The molecule has 0 bridgehead atoms. The lowest BCUT2D eigenvalue weighted by Gasteiger charge is -2.15. The number of ketones is 1. The summed E-state index contributed by atoms with van der Waals surface area (Å²) in [4.78, 5) is 11.0. The standard InChI is InChI=1S/C10H16O2/c1-4-6-7-9(8(3)11)10(12)5-2/h4-5,9-10,12H,1-2,6-7H2,3H3. The van der Waals surface area contributed by atoms with Crippen LogP contribution < -0.4 is 0 Å². The molecule has 2 atom stereocenters. The summed E-state index contributed by atoms with van der Waals surface area (Å²) >= 11 is 0. The topological polar surface area (TPSA) is 37.3 Å². The molecule has 0 amide bonds. The van der Waals surface area contributed by atoms with E-state index in [4.69, 9.17) is 0 Å². The van der Waals surface area contributed by atoms with Crippen molar-refractivity contribution in [2.45, 2.75) is 25.9 Å². The van der Waals surface area contributed by atoms with Crippen LogP contribution in [0.3, 0.4) is 0 Å². The average Bonchev–Trinajstić information content (AvgIpc) is 2.04. The van der Waals surface area contributed by atoms with Gasteiger partial charge in [0, 0.05) is 5.92 Å². The van der Waals surface area contributed by atoms with E-state index in [1.165, 1.54) is 13.0 Å². The van der Waals surface area contributed by atoms with Gasteiger partial charge < -0.3 is 5.11 Å². The second-order valence-corrected chi connectivity index (χ2v) is 2.81. The smallest absolute Gasteiger partial charge is 0.135 e. The molecular weight excluding hydrogens is 152 g/mol. The van der Waals surface area contributed by atoms with Gasteiger partial charge in [0.25, 0.3) is 0 Å². The molecule has 0 fully saturated rings. The largest absolute Gasteiger partial charge is 0.388 e. The number of hydrogen-bond acceptors (Lipinski definition) is 2. The molecule has 0 aromatic heterocycles. The molecule has 0 spiro atoms. The Bertz CT molecular complexity index is 173. The minimum atomic E-state index is -0.720. The molecule has 0 saturated heterocycles. The zero-order chi connectivity index (χ0) is 9.56. The van der Waals surface area contributed by atoms with Crippen molar-refractivity contribution in [3.8, 4) is 0 Å². The summed E-state index contributed by atoms with van der Waals surface area (Å²) in [7, 11) is 0. The lowest BCUT2D eigenvalue weighted by molar-refractivity contribution is -0.123. The van der Waals surface area contributed by atoms with Crippen molar-refractivity contribution in [3.05, 3.63) is 25.3 Å². The maximum absolute atomic E-state index is 11.0. The van der Waals surface area contributed by atoms with Crippen molar-refractivity contribution in [2.75, 3.05) is 0 Å². The number of aliphatic hydroxyl groups is 1. The van der Waals surface area contributed by atoms with Gasteiger partial charge in [-0.1, -0.05) is 12.2 Å². The molecule has 68 valence electrons. The Hall–Kier alpha value is -0.890. The van der Waals surface area contributed by atoms with Crippen LogP contribution in [-0.2, 0) is 4.79 Å². The van der Waals surface area contributed by atoms with E-state index in [1.807, 2.05) is 0 Å². The molecule has 0 aliphatic carbocycles. The molecule has 1 N–H and O–H groups in total. The van der Waals surface area contributed by atoms with Crippen LogP contribution >= 0.6 is 0 Å².